The molecule has 1 aliphatic rings. The molecular formula is C13H17N3O2S. The van der Waals surface area contributed by atoms with E-state index in [0.29, 0.717) is 25.9 Å². The maximum atomic E-state index is 12.3. The van der Waals surface area contributed by atoms with E-state index in [-0.39, 0.29) is 4.90 Å². The predicted molar refractivity (Wildman–Crippen MR) is 71.8 cm³/mol. The summed E-state index contributed by atoms with van der Waals surface area (Å²) in [6.07, 6.45) is 1.01. The van der Waals surface area contributed by atoms with Gasteiger partial charge in [-0.2, -0.15) is 9.98 Å². The third-order valence-electron chi connectivity index (χ3n) is 3.44. The fraction of sp³-hybridized carbons (Fsp3) is 0.462. The van der Waals surface area contributed by atoms with E-state index in [1.54, 1.807) is 18.2 Å². The van der Waals surface area contributed by atoms with Crippen LogP contribution in [0.15, 0.2) is 35.2 Å². The summed E-state index contributed by atoms with van der Waals surface area (Å²) in [7, 11) is -1.67. The largest absolute Gasteiger partial charge is 0.306 e. The minimum absolute atomic E-state index is 0.198. The highest BCUT2D eigenvalue weighted by Crippen LogP contribution is 2.23. The van der Waals surface area contributed by atoms with Gasteiger partial charge >= 0.3 is 0 Å². The zero-order chi connectivity index (χ0) is 13.9. The van der Waals surface area contributed by atoms with Crippen LogP contribution >= 0.6 is 0 Å². The highest BCUT2D eigenvalue weighted by Gasteiger charge is 2.37. The number of piperidine rings is 1. The third kappa shape index (κ3) is 3.13. The van der Waals surface area contributed by atoms with Crippen LogP contribution in [-0.4, -0.2) is 39.0 Å². The van der Waals surface area contributed by atoms with Gasteiger partial charge in [0.05, 0.1) is 11.0 Å². The van der Waals surface area contributed by atoms with Crippen molar-refractivity contribution in [3.8, 4) is 6.07 Å². The first-order valence-electron chi connectivity index (χ1n) is 6.16. The minimum atomic E-state index is -3.64. The van der Waals surface area contributed by atoms with Crippen molar-refractivity contribution < 1.29 is 8.42 Å². The molecule has 5 nitrogen and oxygen atoms in total. The van der Waals surface area contributed by atoms with Gasteiger partial charge in [0.2, 0.25) is 10.0 Å². The number of hydrogen-bond acceptors (Lipinski definition) is 4. The number of nitrogens with one attached hydrogen (secondary N) is 1. The molecule has 6 heteroatoms. The molecule has 1 heterocycles. The van der Waals surface area contributed by atoms with Gasteiger partial charge in [-0.1, -0.05) is 18.2 Å². The summed E-state index contributed by atoms with van der Waals surface area (Å²) in [5.41, 5.74) is -0.985. The first kappa shape index (κ1) is 14.0. The van der Waals surface area contributed by atoms with Gasteiger partial charge in [-0.25, -0.2) is 8.42 Å². The first-order valence-corrected chi connectivity index (χ1v) is 7.65. The lowest BCUT2D eigenvalue weighted by Crippen LogP contribution is -2.53. The molecule has 1 fully saturated rings. The van der Waals surface area contributed by atoms with Gasteiger partial charge in [-0.15, -0.1) is 0 Å². The molecule has 0 amide bonds. The molecule has 102 valence electrons. The molecule has 0 spiro atoms. The average molecular weight is 279 g/mol. The van der Waals surface area contributed by atoms with Gasteiger partial charge in [0, 0.05) is 13.1 Å². The molecule has 0 unspecified atom stereocenters. The van der Waals surface area contributed by atoms with E-state index in [1.807, 2.05) is 7.05 Å². The van der Waals surface area contributed by atoms with Crippen LogP contribution in [0.3, 0.4) is 0 Å². The van der Waals surface area contributed by atoms with Crippen LogP contribution in [0.25, 0.3) is 0 Å². The van der Waals surface area contributed by atoms with Crippen molar-refractivity contribution in [3.05, 3.63) is 30.3 Å². The smallest absolute Gasteiger partial charge is 0.241 e. The van der Waals surface area contributed by atoms with Crippen molar-refractivity contribution in [2.45, 2.75) is 23.3 Å². The second-order valence-electron chi connectivity index (χ2n) is 4.92. The number of benzene rings is 1. The molecular weight excluding hydrogens is 262 g/mol. The summed E-state index contributed by atoms with van der Waals surface area (Å²) < 4.78 is 27.1. The van der Waals surface area contributed by atoms with Crippen LogP contribution in [-0.2, 0) is 10.0 Å². The molecule has 1 aromatic carbocycles. The zero-order valence-corrected chi connectivity index (χ0v) is 11.7. The number of nitrogens with zero attached hydrogens (tertiary/aromatic N) is 2. The zero-order valence-electron chi connectivity index (χ0n) is 10.8. The first-order chi connectivity index (χ1) is 8.97. The molecule has 0 atom stereocenters. The Morgan fingerprint density at radius 1 is 1.26 bits per heavy atom. The van der Waals surface area contributed by atoms with Crippen molar-refractivity contribution in [1.29, 1.82) is 5.26 Å². The van der Waals surface area contributed by atoms with E-state index in [0.717, 1.165) is 0 Å². The number of hydrogen-bond donors (Lipinski definition) is 1. The topological polar surface area (TPSA) is 73.2 Å². The Balaban J connectivity index is 2.22. The van der Waals surface area contributed by atoms with Crippen LogP contribution in [0.4, 0.5) is 0 Å². The van der Waals surface area contributed by atoms with Crippen LogP contribution in [0.5, 0.6) is 0 Å². The van der Waals surface area contributed by atoms with Crippen molar-refractivity contribution in [2.75, 3.05) is 20.1 Å². The van der Waals surface area contributed by atoms with Gasteiger partial charge < -0.3 is 4.90 Å². The summed E-state index contributed by atoms with van der Waals surface area (Å²) >= 11 is 0. The predicted octanol–water partition coefficient (Wildman–Crippen LogP) is 0.953. The molecule has 0 aliphatic carbocycles. The molecule has 0 aromatic heterocycles. The van der Waals surface area contributed by atoms with E-state index < -0.39 is 15.6 Å². The third-order valence-corrected chi connectivity index (χ3v) is 4.99. The molecule has 19 heavy (non-hydrogen) atoms. The standard InChI is InChI=1S/C13H17N3O2S/c1-16-9-7-13(11-14,8-10-16)15-19(17,18)12-5-3-2-4-6-12/h2-6,15H,7-10H2,1H3. The SMILES string of the molecule is CN1CCC(C#N)(NS(=O)(=O)c2ccccc2)CC1. The Morgan fingerprint density at radius 3 is 2.37 bits per heavy atom. The lowest BCUT2D eigenvalue weighted by molar-refractivity contribution is 0.213. The summed E-state index contributed by atoms with van der Waals surface area (Å²) in [6, 6.07) is 10.3. The minimum Gasteiger partial charge on any atom is -0.306 e. The van der Waals surface area contributed by atoms with Gasteiger partial charge in [0.1, 0.15) is 5.54 Å². The number of rotatable bonds is 3. The monoisotopic (exact) mass is 279 g/mol. The van der Waals surface area contributed by atoms with Crippen LogP contribution in [0.2, 0.25) is 0 Å². The van der Waals surface area contributed by atoms with Crippen LogP contribution in [0.1, 0.15) is 12.8 Å². The van der Waals surface area contributed by atoms with Crippen molar-refractivity contribution in [2.24, 2.45) is 0 Å². The summed E-state index contributed by atoms with van der Waals surface area (Å²) in [5, 5.41) is 9.34. The lowest BCUT2D eigenvalue weighted by Gasteiger charge is -2.35. The highest BCUT2D eigenvalue weighted by atomic mass is 32.2. The Hall–Kier alpha value is -1.42. The Labute approximate surface area is 113 Å². The van der Waals surface area contributed by atoms with E-state index >= 15 is 0 Å². The quantitative estimate of drug-likeness (QED) is 0.894. The van der Waals surface area contributed by atoms with Crippen molar-refractivity contribution in [1.82, 2.24) is 9.62 Å². The molecule has 1 N–H and O–H groups in total. The van der Waals surface area contributed by atoms with Gasteiger partial charge in [0.15, 0.2) is 0 Å². The summed E-state index contributed by atoms with van der Waals surface area (Å²) in [5.74, 6) is 0. The fourth-order valence-electron chi connectivity index (χ4n) is 2.15. The van der Waals surface area contributed by atoms with E-state index in [9.17, 15) is 13.7 Å². The Bertz CT molecular complexity index is 570. The van der Waals surface area contributed by atoms with Crippen molar-refractivity contribution >= 4 is 10.0 Å². The molecule has 0 bridgehead atoms. The van der Waals surface area contributed by atoms with Crippen molar-refractivity contribution in [3.63, 3.8) is 0 Å². The van der Waals surface area contributed by atoms with Crippen LogP contribution < -0.4 is 4.72 Å². The molecule has 1 aromatic rings. The van der Waals surface area contributed by atoms with E-state index in [1.165, 1.54) is 12.1 Å². The average Bonchev–Trinajstić information content (AvgIpc) is 2.42. The van der Waals surface area contributed by atoms with Gasteiger partial charge in [-0.05, 0) is 32.0 Å². The number of nitriles is 1. The van der Waals surface area contributed by atoms with Crippen LogP contribution in [0, 0.1) is 11.3 Å². The number of likely N-dealkylation sites (tertiary alicyclic amines) is 1. The molecule has 2 rings (SSSR count). The summed E-state index contributed by atoms with van der Waals surface area (Å²) in [4.78, 5) is 2.29. The van der Waals surface area contributed by atoms with E-state index in [4.69, 9.17) is 0 Å². The molecule has 0 radical (unpaired) electrons. The summed E-state index contributed by atoms with van der Waals surface area (Å²) in [6.45, 7) is 1.43. The van der Waals surface area contributed by atoms with Gasteiger partial charge in [0.25, 0.3) is 0 Å². The Morgan fingerprint density at radius 2 is 1.84 bits per heavy atom. The molecule has 0 saturated carbocycles. The van der Waals surface area contributed by atoms with Gasteiger partial charge in [-0.3, -0.25) is 0 Å². The Kier molecular flexibility index (Phi) is 3.90. The van der Waals surface area contributed by atoms with E-state index in [2.05, 4.69) is 15.7 Å². The normalized spacial score (nSPS) is 19.8. The highest BCUT2D eigenvalue weighted by molar-refractivity contribution is 7.89. The fourth-order valence-corrected chi connectivity index (χ4v) is 3.55. The molecule has 1 saturated heterocycles. The maximum Gasteiger partial charge on any atom is 0.241 e. The lowest BCUT2D eigenvalue weighted by atomic mass is 9.91. The maximum absolute atomic E-state index is 12.3. The number of sulfonamides is 1. The molecule has 1 aliphatic heterocycles. The second-order valence-corrected chi connectivity index (χ2v) is 6.60. The second kappa shape index (κ2) is 5.29.